The predicted octanol–water partition coefficient (Wildman–Crippen LogP) is 2.91. The highest BCUT2D eigenvalue weighted by Crippen LogP contribution is 2.25. The van der Waals surface area contributed by atoms with Crippen LogP contribution in [0.3, 0.4) is 0 Å². The van der Waals surface area contributed by atoms with E-state index in [2.05, 4.69) is 6.92 Å². The summed E-state index contributed by atoms with van der Waals surface area (Å²) in [5.74, 6) is 0.485. The van der Waals surface area contributed by atoms with Gasteiger partial charge in [0.1, 0.15) is 6.10 Å². The molecule has 1 heterocycles. The molecule has 2 unspecified atom stereocenters. The molecule has 0 radical (unpaired) electrons. The number of ether oxygens (including phenoxy) is 1. The molecule has 0 aromatic heterocycles. The molecule has 2 rings (SSSR count). The predicted molar refractivity (Wildman–Crippen MR) is 63.8 cm³/mol. The minimum absolute atomic E-state index is 0.145. The molecule has 16 heavy (non-hydrogen) atoms. The maximum absolute atomic E-state index is 12.3. The smallest absolute Gasteiger partial charge is 0.192 e. The molecule has 2 nitrogen and oxygen atoms in total. The van der Waals surface area contributed by atoms with Crippen molar-refractivity contribution < 1.29 is 9.53 Å². The molecule has 0 saturated carbocycles. The van der Waals surface area contributed by atoms with E-state index < -0.39 is 0 Å². The summed E-state index contributed by atoms with van der Waals surface area (Å²) in [6.45, 7) is 6.78. The van der Waals surface area contributed by atoms with Crippen LogP contribution in [0.5, 0.6) is 0 Å². The molecule has 1 saturated heterocycles. The average Bonchev–Trinajstić information content (AvgIpc) is 2.67. The lowest BCUT2D eigenvalue weighted by molar-refractivity contribution is 0.0578. The molecule has 2 atom stereocenters. The zero-order chi connectivity index (χ0) is 11.7. The van der Waals surface area contributed by atoms with Crippen molar-refractivity contribution in [3.8, 4) is 0 Å². The van der Waals surface area contributed by atoms with E-state index in [4.69, 9.17) is 4.74 Å². The molecule has 0 spiro atoms. The summed E-state index contributed by atoms with van der Waals surface area (Å²) < 4.78 is 5.53. The van der Waals surface area contributed by atoms with E-state index in [1.807, 2.05) is 32.0 Å². The molecular weight excluding hydrogens is 200 g/mol. The van der Waals surface area contributed by atoms with Crippen LogP contribution in [0.1, 0.15) is 34.8 Å². The standard InChI is InChI=1S/C14H18O2/c1-9-4-5-10(2)12(8-9)13(15)14-11(3)6-7-16-14/h4-5,8,11,14H,6-7H2,1-3H3. The minimum atomic E-state index is -0.236. The van der Waals surface area contributed by atoms with Crippen LogP contribution in [0.4, 0.5) is 0 Å². The molecule has 0 N–H and O–H groups in total. The molecule has 1 aromatic rings. The van der Waals surface area contributed by atoms with Crippen molar-refractivity contribution in [2.24, 2.45) is 5.92 Å². The number of rotatable bonds is 2. The minimum Gasteiger partial charge on any atom is -0.370 e. The molecule has 86 valence electrons. The van der Waals surface area contributed by atoms with E-state index in [1.165, 1.54) is 0 Å². The van der Waals surface area contributed by atoms with Crippen molar-refractivity contribution in [1.29, 1.82) is 0 Å². The van der Waals surface area contributed by atoms with E-state index in [0.29, 0.717) is 12.5 Å². The molecule has 2 heteroatoms. The van der Waals surface area contributed by atoms with Crippen LogP contribution >= 0.6 is 0 Å². The van der Waals surface area contributed by atoms with Crippen LogP contribution in [0.15, 0.2) is 18.2 Å². The molecular formula is C14H18O2. The summed E-state index contributed by atoms with van der Waals surface area (Å²) in [5, 5.41) is 0. The lowest BCUT2D eigenvalue weighted by Gasteiger charge is -2.15. The van der Waals surface area contributed by atoms with Crippen LogP contribution in [0.2, 0.25) is 0 Å². The van der Waals surface area contributed by atoms with Crippen LogP contribution in [-0.4, -0.2) is 18.5 Å². The van der Waals surface area contributed by atoms with Gasteiger partial charge in [0.2, 0.25) is 0 Å². The second-order valence-electron chi connectivity index (χ2n) is 4.74. The van der Waals surface area contributed by atoms with Gasteiger partial charge >= 0.3 is 0 Å². The maximum Gasteiger partial charge on any atom is 0.192 e. The number of benzene rings is 1. The van der Waals surface area contributed by atoms with Crippen molar-refractivity contribution in [3.63, 3.8) is 0 Å². The summed E-state index contributed by atoms with van der Waals surface area (Å²) in [6, 6.07) is 6.00. The van der Waals surface area contributed by atoms with Crippen LogP contribution in [0.25, 0.3) is 0 Å². The van der Waals surface area contributed by atoms with E-state index in [0.717, 1.165) is 23.1 Å². The molecule has 0 aliphatic carbocycles. The quantitative estimate of drug-likeness (QED) is 0.713. The Kier molecular flexibility index (Phi) is 3.10. The first kappa shape index (κ1) is 11.3. The van der Waals surface area contributed by atoms with Crippen LogP contribution < -0.4 is 0 Å². The molecule has 1 fully saturated rings. The lowest BCUT2D eigenvalue weighted by atomic mass is 9.93. The van der Waals surface area contributed by atoms with Gasteiger partial charge < -0.3 is 4.74 Å². The fourth-order valence-electron chi connectivity index (χ4n) is 2.19. The summed E-state index contributed by atoms with van der Waals surface area (Å²) in [5.41, 5.74) is 2.98. The van der Waals surface area contributed by atoms with E-state index in [1.54, 1.807) is 0 Å². The van der Waals surface area contributed by atoms with Crippen molar-refractivity contribution in [2.45, 2.75) is 33.3 Å². The number of aryl methyl sites for hydroxylation is 2. The Hall–Kier alpha value is -1.15. The summed E-state index contributed by atoms with van der Waals surface area (Å²) >= 11 is 0. The number of carbonyl (C=O) groups excluding carboxylic acids is 1. The SMILES string of the molecule is Cc1ccc(C)c(C(=O)C2OCCC2C)c1. The summed E-state index contributed by atoms with van der Waals surface area (Å²) in [4.78, 5) is 12.3. The Bertz CT molecular complexity index is 409. The summed E-state index contributed by atoms with van der Waals surface area (Å²) in [6.07, 6.45) is 0.752. The van der Waals surface area contributed by atoms with Crippen molar-refractivity contribution in [2.75, 3.05) is 6.61 Å². The average molecular weight is 218 g/mol. The third-order valence-corrected chi connectivity index (χ3v) is 3.30. The largest absolute Gasteiger partial charge is 0.370 e. The van der Waals surface area contributed by atoms with Gasteiger partial charge in [-0.2, -0.15) is 0 Å². The normalized spacial score (nSPS) is 24.7. The first-order valence-corrected chi connectivity index (χ1v) is 5.82. The number of hydrogen-bond donors (Lipinski definition) is 0. The Morgan fingerprint density at radius 3 is 2.75 bits per heavy atom. The highest BCUT2D eigenvalue weighted by atomic mass is 16.5. The number of hydrogen-bond acceptors (Lipinski definition) is 2. The Morgan fingerprint density at radius 2 is 2.12 bits per heavy atom. The zero-order valence-electron chi connectivity index (χ0n) is 10.1. The fourth-order valence-corrected chi connectivity index (χ4v) is 2.19. The van der Waals surface area contributed by atoms with Gasteiger partial charge in [0.05, 0.1) is 0 Å². The topological polar surface area (TPSA) is 26.3 Å². The summed E-state index contributed by atoms with van der Waals surface area (Å²) in [7, 11) is 0. The second kappa shape index (κ2) is 4.38. The lowest BCUT2D eigenvalue weighted by Crippen LogP contribution is -2.26. The van der Waals surface area contributed by atoms with E-state index in [-0.39, 0.29) is 11.9 Å². The highest BCUT2D eigenvalue weighted by Gasteiger charge is 2.32. The first-order valence-electron chi connectivity index (χ1n) is 5.82. The number of Topliss-reactive ketones (excluding diaryl/α,β-unsaturated/α-hetero) is 1. The van der Waals surface area contributed by atoms with E-state index >= 15 is 0 Å². The highest BCUT2D eigenvalue weighted by molar-refractivity contribution is 6.01. The van der Waals surface area contributed by atoms with Gasteiger partial charge in [0.25, 0.3) is 0 Å². The van der Waals surface area contributed by atoms with E-state index in [9.17, 15) is 4.79 Å². The van der Waals surface area contributed by atoms with Gasteiger partial charge in [-0.05, 0) is 37.8 Å². The van der Waals surface area contributed by atoms with Crippen molar-refractivity contribution in [1.82, 2.24) is 0 Å². The van der Waals surface area contributed by atoms with Gasteiger partial charge in [-0.25, -0.2) is 0 Å². The van der Waals surface area contributed by atoms with Gasteiger partial charge in [-0.3, -0.25) is 4.79 Å². The number of ketones is 1. The van der Waals surface area contributed by atoms with Crippen LogP contribution in [-0.2, 0) is 4.74 Å². The Morgan fingerprint density at radius 1 is 1.38 bits per heavy atom. The van der Waals surface area contributed by atoms with Gasteiger partial charge in [-0.15, -0.1) is 0 Å². The van der Waals surface area contributed by atoms with Crippen LogP contribution in [0, 0.1) is 19.8 Å². The third kappa shape index (κ3) is 2.03. The van der Waals surface area contributed by atoms with Gasteiger partial charge in [0, 0.05) is 12.2 Å². The first-order chi connectivity index (χ1) is 7.59. The Balaban J connectivity index is 2.29. The van der Waals surface area contributed by atoms with Crippen molar-refractivity contribution in [3.05, 3.63) is 34.9 Å². The molecule has 1 aliphatic heterocycles. The van der Waals surface area contributed by atoms with Gasteiger partial charge in [0.15, 0.2) is 5.78 Å². The Labute approximate surface area is 96.6 Å². The third-order valence-electron chi connectivity index (χ3n) is 3.30. The second-order valence-corrected chi connectivity index (χ2v) is 4.74. The van der Waals surface area contributed by atoms with Crippen molar-refractivity contribution >= 4 is 5.78 Å². The fraction of sp³-hybridized carbons (Fsp3) is 0.500. The molecule has 0 bridgehead atoms. The maximum atomic E-state index is 12.3. The molecule has 1 aliphatic rings. The zero-order valence-corrected chi connectivity index (χ0v) is 10.1. The number of carbonyl (C=O) groups is 1. The van der Waals surface area contributed by atoms with Gasteiger partial charge in [-0.1, -0.05) is 24.6 Å². The molecule has 1 aromatic carbocycles. The monoisotopic (exact) mass is 218 g/mol. The molecule has 0 amide bonds.